The van der Waals surface area contributed by atoms with Gasteiger partial charge >= 0.3 is 0 Å². The van der Waals surface area contributed by atoms with E-state index in [0.717, 1.165) is 45.1 Å². The first-order valence-corrected chi connectivity index (χ1v) is 9.12. The number of hydrogen-bond acceptors (Lipinski definition) is 5. The third kappa shape index (κ3) is 4.10. The molecule has 3 rings (SSSR count). The molecule has 0 spiro atoms. The maximum absolute atomic E-state index is 14.2. The Morgan fingerprint density at radius 2 is 1.88 bits per heavy atom. The number of halogens is 1. The van der Waals surface area contributed by atoms with Gasteiger partial charge in [-0.15, -0.1) is 0 Å². The van der Waals surface area contributed by atoms with Gasteiger partial charge < -0.3 is 10.2 Å². The van der Waals surface area contributed by atoms with Gasteiger partial charge in [-0.2, -0.15) is 0 Å². The number of hydrogen-bond donors (Lipinski definition) is 1. The fourth-order valence-electron chi connectivity index (χ4n) is 4.03. The van der Waals surface area contributed by atoms with E-state index in [1.807, 2.05) is 0 Å². The van der Waals surface area contributed by atoms with E-state index in [-0.39, 0.29) is 11.2 Å². The lowest BCUT2D eigenvalue weighted by atomic mass is 9.84. The summed E-state index contributed by atoms with van der Waals surface area (Å²) < 4.78 is 14.2. The molecule has 2 fully saturated rings. The van der Waals surface area contributed by atoms with Crippen molar-refractivity contribution >= 4 is 11.4 Å². The minimum atomic E-state index is -0.570. The molecule has 7 heteroatoms. The Hall–Kier alpha value is -1.73. The second-order valence-electron chi connectivity index (χ2n) is 7.35. The van der Waals surface area contributed by atoms with Crippen LogP contribution in [0.15, 0.2) is 18.2 Å². The van der Waals surface area contributed by atoms with E-state index in [1.165, 1.54) is 31.4 Å². The molecule has 25 heavy (non-hydrogen) atoms. The molecule has 1 aromatic rings. The Labute approximate surface area is 148 Å². The summed E-state index contributed by atoms with van der Waals surface area (Å²) >= 11 is 0. The smallest absolute Gasteiger partial charge is 0.272 e. The number of anilines is 1. The highest BCUT2D eigenvalue weighted by atomic mass is 19.1. The van der Waals surface area contributed by atoms with Crippen molar-refractivity contribution in [2.24, 2.45) is 0 Å². The molecule has 0 amide bonds. The van der Waals surface area contributed by atoms with Gasteiger partial charge in [-0.3, -0.25) is 15.0 Å². The molecule has 2 heterocycles. The van der Waals surface area contributed by atoms with Crippen LogP contribution in [0.4, 0.5) is 15.8 Å². The van der Waals surface area contributed by atoms with E-state index in [0.29, 0.717) is 12.2 Å². The zero-order chi connectivity index (χ0) is 17.9. The predicted octanol–water partition coefficient (Wildman–Crippen LogP) is 3.10. The second kappa shape index (κ2) is 7.66. The zero-order valence-corrected chi connectivity index (χ0v) is 14.8. The summed E-state index contributed by atoms with van der Waals surface area (Å²) in [4.78, 5) is 15.1. The van der Waals surface area contributed by atoms with Crippen molar-refractivity contribution in [3.05, 3.63) is 34.1 Å². The standard InChI is InChI=1S/C18H27FN4O2/c1-21-11-7-18(8-12-21,22-9-3-2-4-10-22)14-20-17-6-5-15(23(24)25)13-16(17)19/h5-6,13,20H,2-4,7-12,14H2,1H3. The summed E-state index contributed by atoms with van der Waals surface area (Å²) in [5.74, 6) is -0.559. The van der Waals surface area contributed by atoms with Crippen LogP contribution in [0.1, 0.15) is 32.1 Å². The van der Waals surface area contributed by atoms with Crippen LogP contribution in [0.25, 0.3) is 0 Å². The largest absolute Gasteiger partial charge is 0.381 e. The van der Waals surface area contributed by atoms with Crippen LogP contribution in [-0.2, 0) is 0 Å². The molecule has 0 atom stereocenters. The molecule has 2 aliphatic heterocycles. The van der Waals surface area contributed by atoms with Crippen molar-refractivity contribution in [1.82, 2.24) is 9.80 Å². The van der Waals surface area contributed by atoms with Crippen molar-refractivity contribution < 1.29 is 9.31 Å². The fraction of sp³-hybridized carbons (Fsp3) is 0.667. The molecule has 1 aromatic carbocycles. The average molecular weight is 350 g/mol. The van der Waals surface area contributed by atoms with E-state index < -0.39 is 10.7 Å². The number of likely N-dealkylation sites (tertiary alicyclic amines) is 2. The van der Waals surface area contributed by atoms with Gasteiger partial charge in [0.2, 0.25) is 0 Å². The number of non-ortho nitro benzene ring substituents is 1. The minimum absolute atomic E-state index is 0.0428. The van der Waals surface area contributed by atoms with Gasteiger partial charge in [-0.25, -0.2) is 4.39 Å². The molecule has 0 radical (unpaired) electrons. The van der Waals surface area contributed by atoms with Crippen LogP contribution in [0, 0.1) is 15.9 Å². The van der Waals surface area contributed by atoms with E-state index >= 15 is 0 Å². The number of nitrogens with zero attached hydrogens (tertiary/aromatic N) is 3. The summed E-state index contributed by atoms with van der Waals surface area (Å²) in [6.45, 7) is 4.97. The van der Waals surface area contributed by atoms with Crippen molar-refractivity contribution in [2.45, 2.75) is 37.6 Å². The number of benzene rings is 1. The first-order valence-electron chi connectivity index (χ1n) is 9.12. The molecule has 2 saturated heterocycles. The average Bonchev–Trinajstić information content (AvgIpc) is 2.63. The van der Waals surface area contributed by atoms with E-state index in [1.54, 1.807) is 0 Å². The Balaban J connectivity index is 1.73. The molecule has 138 valence electrons. The minimum Gasteiger partial charge on any atom is -0.381 e. The lowest BCUT2D eigenvalue weighted by Gasteiger charge is -2.50. The number of piperidine rings is 2. The third-order valence-electron chi connectivity index (χ3n) is 5.72. The van der Waals surface area contributed by atoms with Crippen LogP contribution in [0.5, 0.6) is 0 Å². The highest BCUT2D eigenvalue weighted by Crippen LogP contribution is 2.32. The van der Waals surface area contributed by atoms with Crippen molar-refractivity contribution in [2.75, 3.05) is 45.1 Å². The highest BCUT2D eigenvalue weighted by molar-refractivity contribution is 5.50. The van der Waals surface area contributed by atoms with E-state index in [9.17, 15) is 14.5 Å². The SMILES string of the molecule is CN1CCC(CNc2ccc([N+](=O)[O-])cc2F)(N2CCCCC2)CC1. The summed E-state index contributed by atoms with van der Waals surface area (Å²) in [5, 5.41) is 14.0. The monoisotopic (exact) mass is 350 g/mol. The lowest BCUT2D eigenvalue weighted by Crippen LogP contribution is -2.59. The Morgan fingerprint density at radius 1 is 1.20 bits per heavy atom. The van der Waals surface area contributed by atoms with Gasteiger partial charge in [0.25, 0.3) is 5.69 Å². The normalized spacial score (nSPS) is 21.8. The predicted molar refractivity (Wildman–Crippen MR) is 96.4 cm³/mol. The number of nitro benzene ring substituents is 1. The van der Waals surface area contributed by atoms with Gasteiger partial charge in [0.15, 0.2) is 5.82 Å². The van der Waals surface area contributed by atoms with E-state index in [4.69, 9.17) is 0 Å². The summed E-state index contributed by atoms with van der Waals surface area (Å²) in [6.07, 6.45) is 5.86. The highest BCUT2D eigenvalue weighted by Gasteiger charge is 2.39. The van der Waals surface area contributed by atoms with Gasteiger partial charge in [-0.05, 0) is 65.0 Å². The Morgan fingerprint density at radius 3 is 2.48 bits per heavy atom. The molecule has 0 unspecified atom stereocenters. The first kappa shape index (κ1) is 18.1. The lowest BCUT2D eigenvalue weighted by molar-refractivity contribution is -0.385. The van der Waals surface area contributed by atoms with Gasteiger partial charge in [0.1, 0.15) is 0 Å². The summed E-state index contributed by atoms with van der Waals surface area (Å²) in [5.41, 5.74) is 0.176. The number of nitrogens with one attached hydrogen (secondary N) is 1. The Kier molecular flexibility index (Phi) is 5.54. The molecular weight excluding hydrogens is 323 g/mol. The fourth-order valence-corrected chi connectivity index (χ4v) is 4.03. The van der Waals surface area contributed by atoms with Crippen molar-refractivity contribution in [3.8, 4) is 0 Å². The van der Waals surface area contributed by atoms with Gasteiger partial charge in [-0.1, -0.05) is 6.42 Å². The van der Waals surface area contributed by atoms with Crippen LogP contribution < -0.4 is 5.32 Å². The van der Waals surface area contributed by atoms with Crippen LogP contribution in [0.2, 0.25) is 0 Å². The van der Waals surface area contributed by atoms with Crippen LogP contribution >= 0.6 is 0 Å². The quantitative estimate of drug-likeness (QED) is 0.653. The third-order valence-corrected chi connectivity index (χ3v) is 5.72. The molecule has 0 saturated carbocycles. The molecule has 1 N–H and O–H groups in total. The molecule has 0 aliphatic carbocycles. The zero-order valence-electron chi connectivity index (χ0n) is 14.8. The van der Waals surface area contributed by atoms with Crippen LogP contribution in [0.3, 0.4) is 0 Å². The number of nitro groups is 1. The molecule has 0 bridgehead atoms. The number of rotatable bonds is 5. The summed E-state index contributed by atoms with van der Waals surface area (Å²) in [6, 6.07) is 3.82. The van der Waals surface area contributed by atoms with E-state index in [2.05, 4.69) is 22.2 Å². The Bertz CT molecular complexity index is 611. The maximum Gasteiger partial charge on any atom is 0.272 e. The molecule has 2 aliphatic rings. The molecule has 6 nitrogen and oxygen atoms in total. The summed E-state index contributed by atoms with van der Waals surface area (Å²) in [7, 11) is 2.14. The second-order valence-corrected chi connectivity index (χ2v) is 7.35. The topological polar surface area (TPSA) is 61.6 Å². The van der Waals surface area contributed by atoms with Crippen molar-refractivity contribution in [3.63, 3.8) is 0 Å². The maximum atomic E-state index is 14.2. The van der Waals surface area contributed by atoms with Gasteiger partial charge in [0.05, 0.1) is 16.7 Å². The van der Waals surface area contributed by atoms with Gasteiger partial charge in [0, 0.05) is 18.2 Å². The van der Waals surface area contributed by atoms with Crippen LogP contribution in [-0.4, -0.2) is 60.0 Å². The molecular formula is C18H27FN4O2. The first-order chi connectivity index (χ1) is 12.0. The van der Waals surface area contributed by atoms with Crippen molar-refractivity contribution in [1.29, 1.82) is 0 Å². The molecule has 0 aromatic heterocycles.